The van der Waals surface area contributed by atoms with Crippen LogP contribution in [0, 0.1) is 0 Å². The van der Waals surface area contributed by atoms with E-state index in [1.807, 2.05) is 0 Å². The third-order valence-electron chi connectivity index (χ3n) is 5.06. The van der Waals surface area contributed by atoms with Gasteiger partial charge in [0, 0.05) is 38.8 Å². The molecule has 3 rings (SSSR count). The zero-order valence-electron chi connectivity index (χ0n) is 15.7. The number of anilines is 1. The van der Waals surface area contributed by atoms with E-state index in [0.717, 1.165) is 44.7 Å². The Hall–Kier alpha value is -2.32. The molecule has 2 aliphatic rings. The Kier molecular flexibility index (Phi) is 6.52. The van der Waals surface area contributed by atoms with Crippen molar-refractivity contribution in [3.05, 3.63) is 23.9 Å². The number of piperidine rings is 1. The maximum atomic E-state index is 12.4. The molecule has 3 heterocycles. The molecule has 2 aliphatic heterocycles. The number of amides is 3. The van der Waals surface area contributed by atoms with Crippen molar-refractivity contribution >= 4 is 23.5 Å². The van der Waals surface area contributed by atoms with E-state index in [-0.39, 0.29) is 23.6 Å². The molecule has 0 radical (unpaired) electrons. The van der Waals surface area contributed by atoms with Crippen molar-refractivity contribution in [2.45, 2.75) is 32.1 Å². The molecule has 0 aromatic carbocycles. The highest BCUT2D eigenvalue weighted by molar-refractivity contribution is 6.01. The topological polar surface area (TPSA) is 94.6 Å². The van der Waals surface area contributed by atoms with Gasteiger partial charge in [-0.25, -0.2) is 4.98 Å². The maximum Gasteiger partial charge on any atom is 0.239 e. The van der Waals surface area contributed by atoms with Crippen molar-refractivity contribution in [2.75, 3.05) is 44.6 Å². The van der Waals surface area contributed by atoms with Crippen molar-refractivity contribution in [3.8, 4) is 0 Å². The number of hydrogen-bond acceptors (Lipinski definition) is 6. The summed E-state index contributed by atoms with van der Waals surface area (Å²) in [5.41, 5.74) is 0.762. The standard InChI is InChI=1S/C19H27N5O3/c1-2-7-23-8-10-24(11-9-23)13-18(26)21-16-12-14(5-6-20-16)15-3-4-17(25)22-19(15)27/h5-6,12,15H,2-4,7-11,13H2,1H3,(H,20,21,26)(H,22,25,27). The molecule has 2 saturated heterocycles. The lowest BCUT2D eigenvalue weighted by atomic mass is 9.91. The van der Waals surface area contributed by atoms with Gasteiger partial charge in [-0.2, -0.15) is 0 Å². The molecule has 8 heteroatoms. The monoisotopic (exact) mass is 373 g/mol. The number of carbonyl (C=O) groups is 3. The number of nitrogens with zero attached hydrogens (tertiary/aromatic N) is 3. The van der Waals surface area contributed by atoms with Crippen molar-refractivity contribution in [1.29, 1.82) is 0 Å². The molecule has 1 atom stereocenters. The van der Waals surface area contributed by atoms with Crippen LogP contribution in [0.15, 0.2) is 18.3 Å². The quantitative estimate of drug-likeness (QED) is 0.708. The summed E-state index contributed by atoms with van der Waals surface area (Å²) < 4.78 is 0. The third kappa shape index (κ3) is 5.33. The molecule has 3 amide bonds. The van der Waals surface area contributed by atoms with Crippen LogP contribution in [0.4, 0.5) is 5.82 Å². The summed E-state index contributed by atoms with van der Waals surface area (Å²) in [6.07, 6.45) is 3.53. The van der Waals surface area contributed by atoms with Gasteiger partial charge in [0.2, 0.25) is 17.7 Å². The molecule has 2 N–H and O–H groups in total. The summed E-state index contributed by atoms with van der Waals surface area (Å²) in [5, 5.41) is 5.18. The summed E-state index contributed by atoms with van der Waals surface area (Å²) in [5.74, 6) is -0.579. The second-order valence-corrected chi connectivity index (χ2v) is 7.14. The van der Waals surface area contributed by atoms with Gasteiger partial charge in [-0.05, 0) is 37.1 Å². The largest absolute Gasteiger partial charge is 0.310 e. The number of hydrogen-bond donors (Lipinski definition) is 2. The van der Waals surface area contributed by atoms with E-state index < -0.39 is 0 Å². The van der Waals surface area contributed by atoms with Crippen LogP contribution in [-0.2, 0) is 14.4 Å². The summed E-state index contributed by atoms with van der Waals surface area (Å²) in [6.45, 7) is 7.38. The second kappa shape index (κ2) is 9.05. The predicted octanol–water partition coefficient (Wildman–Crippen LogP) is 0.568. The lowest BCUT2D eigenvalue weighted by molar-refractivity contribution is -0.134. The van der Waals surface area contributed by atoms with Crippen LogP contribution in [0.2, 0.25) is 0 Å². The maximum absolute atomic E-state index is 12.4. The molecule has 1 aromatic rings. The van der Waals surface area contributed by atoms with Gasteiger partial charge in [0.1, 0.15) is 5.82 Å². The van der Waals surface area contributed by atoms with Gasteiger partial charge < -0.3 is 10.2 Å². The molecule has 0 bridgehead atoms. The lowest BCUT2D eigenvalue weighted by Gasteiger charge is -2.34. The van der Waals surface area contributed by atoms with Gasteiger partial charge >= 0.3 is 0 Å². The Bertz CT molecular complexity index is 700. The molecule has 0 saturated carbocycles. The normalized spacial score (nSPS) is 21.7. The third-order valence-corrected chi connectivity index (χ3v) is 5.06. The smallest absolute Gasteiger partial charge is 0.239 e. The molecule has 1 aromatic heterocycles. The zero-order chi connectivity index (χ0) is 19.2. The highest BCUT2D eigenvalue weighted by Gasteiger charge is 2.28. The number of rotatable bonds is 6. The molecule has 0 spiro atoms. The first kappa shape index (κ1) is 19.4. The van der Waals surface area contributed by atoms with Crippen molar-refractivity contribution in [2.24, 2.45) is 0 Å². The summed E-state index contributed by atoms with van der Waals surface area (Å²) in [6, 6.07) is 3.47. The van der Waals surface area contributed by atoms with Crippen LogP contribution in [0.1, 0.15) is 37.7 Å². The second-order valence-electron chi connectivity index (χ2n) is 7.14. The van der Waals surface area contributed by atoms with Crippen LogP contribution in [0.25, 0.3) is 0 Å². The first-order valence-electron chi connectivity index (χ1n) is 9.59. The van der Waals surface area contributed by atoms with Gasteiger partial charge in [0.15, 0.2) is 0 Å². The van der Waals surface area contributed by atoms with Crippen molar-refractivity contribution in [3.63, 3.8) is 0 Å². The molecule has 1 unspecified atom stereocenters. The fraction of sp³-hybridized carbons (Fsp3) is 0.579. The first-order chi connectivity index (χ1) is 13.0. The molecule has 146 valence electrons. The lowest BCUT2D eigenvalue weighted by Crippen LogP contribution is -2.48. The fourth-order valence-electron chi connectivity index (χ4n) is 3.62. The van der Waals surface area contributed by atoms with E-state index in [9.17, 15) is 14.4 Å². The summed E-state index contributed by atoms with van der Waals surface area (Å²) in [4.78, 5) is 44.4. The SMILES string of the molecule is CCCN1CCN(CC(=O)Nc2cc(C3CCC(=O)NC3=O)ccn2)CC1. The zero-order valence-corrected chi connectivity index (χ0v) is 15.7. The van der Waals surface area contributed by atoms with E-state index in [4.69, 9.17) is 0 Å². The average Bonchev–Trinajstić information content (AvgIpc) is 2.64. The molecular weight excluding hydrogens is 346 g/mol. The van der Waals surface area contributed by atoms with Gasteiger partial charge in [-0.3, -0.25) is 24.6 Å². The number of carbonyl (C=O) groups excluding carboxylic acids is 3. The fourth-order valence-corrected chi connectivity index (χ4v) is 3.62. The molecular formula is C19H27N5O3. The Morgan fingerprint density at radius 3 is 2.70 bits per heavy atom. The molecule has 2 fully saturated rings. The van der Waals surface area contributed by atoms with Crippen molar-refractivity contribution < 1.29 is 14.4 Å². The van der Waals surface area contributed by atoms with E-state index in [2.05, 4.69) is 32.3 Å². The highest BCUT2D eigenvalue weighted by Crippen LogP contribution is 2.25. The first-order valence-corrected chi connectivity index (χ1v) is 9.59. The molecule has 0 aliphatic carbocycles. The van der Waals surface area contributed by atoms with Crippen LogP contribution in [-0.4, -0.2) is 71.8 Å². The van der Waals surface area contributed by atoms with Crippen LogP contribution >= 0.6 is 0 Å². The predicted molar refractivity (Wildman–Crippen MR) is 101 cm³/mol. The van der Waals surface area contributed by atoms with E-state index in [1.165, 1.54) is 0 Å². The summed E-state index contributed by atoms with van der Waals surface area (Å²) >= 11 is 0. The van der Waals surface area contributed by atoms with Crippen LogP contribution in [0.3, 0.4) is 0 Å². The van der Waals surface area contributed by atoms with E-state index in [1.54, 1.807) is 18.3 Å². The number of pyridine rings is 1. The minimum atomic E-state index is -0.381. The molecule has 8 nitrogen and oxygen atoms in total. The van der Waals surface area contributed by atoms with Gasteiger partial charge in [-0.15, -0.1) is 0 Å². The number of nitrogens with one attached hydrogen (secondary N) is 2. The highest BCUT2D eigenvalue weighted by atomic mass is 16.2. The number of imide groups is 1. The Balaban J connectivity index is 1.53. The molecule has 27 heavy (non-hydrogen) atoms. The Morgan fingerprint density at radius 1 is 1.26 bits per heavy atom. The number of aromatic nitrogens is 1. The van der Waals surface area contributed by atoms with Crippen LogP contribution < -0.4 is 10.6 Å². The average molecular weight is 373 g/mol. The number of piperazine rings is 1. The summed E-state index contributed by atoms with van der Waals surface area (Å²) in [7, 11) is 0. The van der Waals surface area contributed by atoms with Crippen LogP contribution in [0.5, 0.6) is 0 Å². The van der Waals surface area contributed by atoms with Crippen molar-refractivity contribution in [1.82, 2.24) is 20.1 Å². The minimum absolute atomic E-state index is 0.105. The Labute approximate surface area is 159 Å². The van der Waals surface area contributed by atoms with E-state index in [0.29, 0.717) is 25.2 Å². The van der Waals surface area contributed by atoms with Gasteiger partial charge in [0.05, 0.1) is 12.5 Å². The van der Waals surface area contributed by atoms with Gasteiger partial charge in [0.25, 0.3) is 0 Å². The minimum Gasteiger partial charge on any atom is -0.310 e. The Morgan fingerprint density at radius 2 is 2.00 bits per heavy atom. The van der Waals surface area contributed by atoms with E-state index >= 15 is 0 Å². The van der Waals surface area contributed by atoms with Gasteiger partial charge in [-0.1, -0.05) is 6.92 Å².